The van der Waals surface area contributed by atoms with Crippen LogP contribution in [0.2, 0.25) is 0 Å². The third kappa shape index (κ3) is 3.91. The molecule has 1 heterocycles. The minimum absolute atomic E-state index is 0.00792. The Labute approximate surface area is 113 Å². The summed E-state index contributed by atoms with van der Waals surface area (Å²) in [6, 6.07) is 0. The Hall–Kier alpha value is -1.65. The van der Waals surface area contributed by atoms with Gasteiger partial charge in [0.15, 0.2) is 5.78 Å². The lowest BCUT2D eigenvalue weighted by atomic mass is 9.97. The van der Waals surface area contributed by atoms with Crippen molar-refractivity contribution in [3.63, 3.8) is 0 Å². The van der Waals surface area contributed by atoms with Crippen molar-refractivity contribution in [3.8, 4) is 0 Å². The van der Waals surface area contributed by atoms with E-state index in [-0.39, 0.29) is 5.78 Å². The highest BCUT2D eigenvalue weighted by molar-refractivity contribution is 5.96. The fourth-order valence-electron chi connectivity index (χ4n) is 1.79. The van der Waals surface area contributed by atoms with Crippen molar-refractivity contribution in [1.82, 2.24) is 9.78 Å². The Balaban J connectivity index is 0.000000861. The number of fused-ring (bicyclic) bond motifs is 1. The maximum atomic E-state index is 11.8. The van der Waals surface area contributed by atoms with Crippen molar-refractivity contribution in [2.45, 2.75) is 59.5 Å². The molecule has 106 valence electrons. The Kier molecular flexibility index (Phi) is 4.86. The molecule has 0 amide bonds. The highest BCUT2D eigenvalue weighted by Gasteiger charge is 2.25. The molecule has 0 atom stereocenters. The van der Waals surface area contributed by atoms with Crippen LogP contribution >= 0.6 is 0 Å². The van der Waals surface area contributed by atoms with Crippen molar-refractivity contribution in [3.05, 3.63) is 17.5 Å². The number of rotatable bonds is 0. The number of aryl methyl sites for hydroxylation is 1. The van der Waals surface area contributed by atoms with E-state index >= 15 is 0 Å². The molecule has 0 N–H and O–H groups in total. The van der Waals surface area contributed by atoms with Crippen molar-refractivity contribution in [2.75, 3.05) is 0 Å². The predicted octanol–water partition coefficient (Wildman–Crippen LogP) is 3.21. The number of aromatic nitrogens is 2. The summed E-state index contributed by atoms with van der Waals surface area (Å²) >= 11 is 0. The van der Waals surface area contributed by atoms with Crippen LogP contribution in [0.25, 0.3) is 0 Å². The van der Waals surface area contributed by atoms with Gasteiger partial charge >= 0.3 is 6.09 Å². The van der Waals surface area contributed by atoms with Crippen molar-refractivity contribution in [1.29, 1.82) is 0 Å². The van der Waals surface area contributed by atoms with Crippen LogP contribution in [-0.4, -0.2) is 27.3 Å². The lowest BCUT2D eigenvalue weighted by Gasteiger charge is -2.18. The molecule has 1 aliphatic rings. The zero-order valence-electron chi connectivity index (χ0n) is 12.3. The molecular formula is C14H22N2O3. The smallest absolute Gasteiger partial charge is 0.435 e. The lowest BCUT2D eigenvalue weighted by molar-refractivity contribution is 0.0514. The van der Waals surface area contributed by atoms with Gasteiger partial charge in [-0.2, -0.15) is 9.78 Å². The first-order valence-electron chi connectivity index (χ1n) is 6.72. The summed E-state index contributed by atoms with van der Waals surface area (Å²) in [6.45, 7) is 9.37. The summed E-state index contributed by atoms with van der Waals surface area (Å²) in [5.41, 5.74) is 0.697. The largest absolute Gasteiger partial charge is 0.442 e. The Morgan fingerprint density at radius 2 is 1.95 bits per heavy atom. The fourth-order valence-corrected chi connectivity index (χ4v) is 1.79. The number of carbonyl (C=O) groups is 2. The van der Waals surface area contributed by atoms with Crippen LogP contribution in [0.15, 0.2) is 6.20 Å². The Morgan fingerprint density at radius 3 is 2.47 bits per heavy atom. The summed E-state index contributed by atoms with van der Waals surface area (Å²) in [5, 5.41) is 4.01. The van der Waals surface area contributed by atoms with Gasteiger partial charge in [-0.05, 0) is 33.6 Å². The lowest BCUT2D eigenvalue weighted by Crippen LogP contribution is -2.27. The number of ether oxygens (including phenoxy) is 1. The first kappa shape index (κ1) is 15.4. The molecule has 5 heteroatoms. The van der Waals surface area contributed by atoms with Gasteiger partial charge in [0.05, 0.1) is 0 Å². The van der Waals surface area contributed by atoms with E-state index in [0.29, 0.717) is 12.1 Å². The molecule has 1 aromatic rings. The maximum absolute atomic E-state index is 11.8. The second kappa shape index (κ2) is 5.99. The van der Waals surface area contributed by atoms with Crippen LogP contribution in [0.3, 0.4) is 0 Å². The molecule has 0 aliphatic heterocycles. The average Bonchev–Trinajstić information content (AvgIpc) is 2.75. The van der Waals surface area contributed by atoms with E-state index in [1.54, 1.807) is 27.0 Å². The first-order chi connectivity index (χ1) is 8.87. The predicted molar refractivity (Wildman–Crippen MR) is 72.5 cm³/mol. The van der Waals surface area contributed by atoms with Gasteiger partial charge in [0.25, 0.3) is 0 Å². The molecule has 0 aromatic carbocycles. The molecule has 0 spiro atoms. The number of hydrogen-bond donors (Lipinski definition) is 0. The molecule has 0 radical (unpaired) electrons. The average molecular weight is 266 g/mol. The normalized spacial score (nSPS) is 14.3. The molecule has 0 fully saturated rings. The standard InChI is InChI=1S/C12H16N2O3.C2H6/c1-12(2,3)17-11(16)14-7-8-5-4-6-9(15)10(8)13-14;1-2/h7H,4-6H2,1-3H3;1-2H3. The molecule has 0 unspecified atom stereocenters. The minimum atomic E-state index is -0.562. The van der Waals surface area contributed by atoms with Crippen molar-refractivity contribution >= 4 is 11.9 Å². The molecular weight excluding hydrogens is 244 g/mol. The molecule has 0 saturated carbocycles. The molecule has 0 bridgehead atoms. The second-order valence-corrected chi connectivity index (χ2v) is 5.20. The van der Waals surface area contributed by atoms with Crippen LogP contribution in [-0.2, 0) is 11.2 Å². The summed E-state index contributed by atoms with van der Waals surface area (Å²) in [6.07, 6.45) is 3.19. The van der Waals surface area contributed by atoms with Gasteiger partial charge in [0, 0.05) is 18.2 Å². The van der Waals surface area contributed by atoms with Gasteiger partial charge in [-0.1, -0.05) is 13.8 Å². The van der Waals surface area contributed by atoms with E-state index in [9.17, 15) is 9.59 Å². The van der Waals surface area contributed by atoms with E-state index in [1.165, 1.54) is 0 Å². The third-order valence-corrected chi connectivity index (χ3v) is 2.48. The van der Waals surface area contributed by atoms with Crippen LogP contribution in [0, 0.1) is 0 Å². The quantitative estimate of drug-likeness (QED) is 0.723. The van der Waals surface area contributed by atoms with E-state index < -0.39 is 11.7 Å². The first-order valence-corrected chi connectivity index (χ1v) is 6.72. The van der Waals surface area contributed by atoms with E-state index in [1.807, 2.05) is 13.8 Å². The van der Waals surface area contributed by atoms with Crippen LogP contribution in [0.5, 0.6) is 0 Å². The molecule has 0 saturated heterocycles. The van der Waals surface area contributed by atoms with Gasteiger partial charge < -0.3 is 4.74 Å². The number of hydrogen-bond acceptors (Lipinski definition) is 4. The summed E-state index contributed by atoms with van der Waals surface area (Å²) in [7, 11) is 0. The zero-order chi connectivity index (χ0) is 14.6. The minimum Gasteiger partial charge on any atom is -0.442 e. The monoisotopic (exact) mass is 266 g/mol. The summed E-state index contributed by atoms with van der Waals surface area (Å²) in [5.74, 6) is 0.00792. The summed E-state index contributed by atoms with van der Waals surface area (Å²) in [4.78, 5) is 23.3. The van der Waals surface area contributed by atoms with Gasteiger partial charge in [0.2, 0.25) is 0 Å². The third-order valence-electron chi connectivity index (χ3n) is 2.48. The summed E-state index contributed by atoms with van der Waals surface area (Å²) < 4.78 is 6.31. The van der Waals surface area contributed by atoms with E-state index in [2.05, 4.69) is 5.10 Å². The maximum Gasteiger partial charge on any atom is 0.435 e. The van der Waals surface area contributed by atoms with Gasteiger partial charge in [-0.3, -0.25) is 4.79 Å². The Morgan fingerprint density at radius 1 is 1.32 bits per heavy atom. The van der Waals surface area contributed by atoms with E-state index in [4.69, 9.17) is 4.74 Å². The zero-order valence-corrected chi connectivity index (χ0v) is 12.3. The number of Topliss-reactive ketones (excluding diaryl/α,β-unsaturated/α-hetero) is 1. The second-order valence-electron chi connectivity index (χ2n) is 5.20. The number of carbonyl (C=O) groups excluding carboxylic acids is 2. The highest BCUT2D eigenvalue weighted by atomic mass is 16.6. The van der Waals surface area contributed by atoms with Gasteiger partial charge in [-0.25, -0.2) is 4.79 Å². The molecule has 19 heavy (non-hydrogen) atoms. The topological polar surface area (TPSA) is 61.2 Å². The van der Waals surface area contributed by atoms with Gasteiger partial charge in [-0.15, -0.1) is 0 Å². The molecule has 5 nitrogen and oxygen atoms in total. The molecule has 2 rings (SSSR count). The number of nitrogens with zero attached hydrogens (tertiary/aromatic N) is 2. The number of ketones is 1. The van der Waals surface area contributed by atoms with Crippen LogP contribution in [0.1, 0.15) is 63.5 Å². The molecule has 1 aliphatic carbocycles. The fraction of sp³-hybridized carbons (Fsp3) is 0.643. The molecule has 1 aromatic heterocycles. The SMILES string of the molecule is CC.CC(C)(C)OC(=O)n1cc2c(n1)C(=O)CCC2. The van der Waals surface area contributed by atoms with Crippen molar-refractivity contribution < 1.29 is 14.3 Å². The van der Waals surface area contributed by atoms with Crippen molar-refractivity contribution in [2.24, 2.45) is 0 Å². The van der Waals surface area contributed by atoms with Crippen LogP contribution in [0.4, 0.5) is 4.79 Å². The van der Waals surface area contributed by atoms with E-state index in [0.717, 1.165) is 23.1 Å². The van der Waals surface area contributed by atoms with Crippen LogP contribution < -0.4 is 0 Å². The highest BCUT2D eigenvalue weighted by Crippen LogP contribution is 2.20. The Bertz CT molecular complexity index is 470. The van der Waals surface area contributed by atoms with Gasteiger partial charge in [0.1, 0.15) is 11.3 Å².